The number of hydrogen-bond donors (Lipinski definition) is 1. The van der Waals surface area contributed by atoms with Crippen molar-refractivity contribution in [1.82, 2.24) is 0 Å². The first-order valence-electron chi connectivity index (χ1n) is 5.12. The first kappa shape index (κ1) is 10.2. The van der Waals surface area contributed by atoms with Crippen LogP contribution in [-0.4, -0.2) is 6.04 Å². The Morgan fingerprint density at radius 2 is 2.27 bits per heavy atom. The average molecular weight is 207 g/mol. The molecule has 1 heterocycles. The van der Waals surface area contributed by atoms with E-state index in [0.717, 1.165) is 24.7 Å². The largest absolute Gasteiger partial charge is 0.461 e. The Kier molecular flexibility index (Phi) is 2.73. The van der Waals surface area contributed by atoms with E-state index in [1.807, 2.05) is 12.1 Å². The highest BCUT2D eigenvalue weighted by Crippen LogP contribution is 2.21. The van der Waals surface area contributed by atoms with E-state index in [9.17, 15) is 4.39 Å². The van der Waals surface area contributed by atoms with Gasteiger partial charge < -0.3 is 10.2 Å². The van der Waals surface area contributed by atoms with Gasteiger partial charge in [0.05, 0.1) is 5.39 Å². The monoisotopic (exact) mass is 207 g/mol. The lowest BCUT2D eigenvalue weighted by atomic mass is 10.0. The molecule has 1 unspecified atom stereocenters. The Morgan fingerprint density at radius 1 is 1.47 bits per heavy atom. The third kappa shape index (κ3) is 2.02. The summed E-state index contributed by atoms with van der Waals surface area (Å²) in [4.78, 5) is 0. The van der Waals surface area contributed by atoms with Gasteiger partial charge in [0.15, 0.2) is 5.82 Å². The smallest absolute Gasteiger partial charge is 0.169 e. The first-order valence-corrected chi connectivity index (χ1v) is 5.12. The molecular formula is C12H14FNO. The fourth-order valence-corrected chi connectivity index (χ4v) is 1.61. The van der Waals surface area contributed by atoms with E-state index in [4.69, 9.17) is 10.2 Å². The van der Waals surface area contributed by atoms with Crippen LogP contribution in [0, 0.1) is 5.82 Å². The van der Waals surface area contributed by atoms with Crippen LogP contribution in [0.3, 0.4) is 0 Å². The number of rotatable bonds is 3. The van der Waals surface area contributed by atoms with Gasteiger partial charge in [-0.3, -0.25) is 0 Å². The average Bonchev–Trinajstić information content (AvgIpc) is 2.60. The molecule has 0 amide bonds. The van der Waals surface area contributed by atoms with Crippen LogP contribution in [0.15, 0.2) is 28.9 Å². The van der Waals surface area contributed by atoms with Crippen molar-refractivity contribution in [2.45, 2.75) is 25.8 Å². The minimum Gasteiger partial charge on any atom is -0.461 e. The number of halogens is 1. The van der Waals surface area contributed by atoms with Gasteiger partial charge in [-0.25, -0.2) is 4.39 Å². The fraction of sp³-hybridized carbons (Fsp3) is 0.333. The molecule has 0 bridgehead atoms. The molecule has 1 atom stereocenters. The zero-order valence-corrected chi connectivity index (χ0v) is 8.66. The highest BCUT2D eigenvalue weighted by molar-refractivity contribution is 5.78. The number of hydrogen-bond acceptors (Lipinski definition) is 2. The molecule has 2 aromatic rings. The molecule has 0 fully saturated rings. The molecular weight excluding hydrogens is 193 g/mol. The van der Waals surface area contributed by atoms with Crippen molar-refractivity contribution in [3.8, 4) is 0 Å². The van der Waals surface area contributed by atoms with Crippen molar-refractivity contribution in [2.24, 2.45) is 5.73 Å². The maximum absolute atomic E-state index is 13.1. The summed E-state index contributed by atoms with van der Waals surface area (Å²) in [6.07, 6.45) is 2.87. The highest BCUT2D eigenvalue weighted by atomic mass is 19.1. The zero-order chi connectivity index (χ0) is 10.8. The minimum absolute atomic E-state index is 0.155. The van der Waals surface area contributed by atoms with Crippen LogP contribution in [-0.2, 0) is 6.42 Å². The fourth-order valence-electron chi connectivity index (χ4n) is 1.61. The summed E-state index contributed by atoms with van der Waals surface area (Å²) >= 11 is 0. The summed E-state index contributed by atoms with van der Waals surface area (Å²) in [5.74, 6) is -0.309. The lowest BCUT2D eigenvalue weighted by Gasteiger charge is -2.07. The molecule has 0 aliphatic carbocycles. The van der Waals surface area contributed by atoms with E-state index in [1.54, 1.807) is 6.07 Å². The Labute approximate surface area is 87.9 Å². The van der Waals surface area contributed by atoms with E-state index >= 15 is 0 Å². The standard InChI is InChI=1S/C12H14FNO/c1-2-9(14)5-8-3-4-10-11(13)7-15-12(10)6-8/h3-4,6-7,9H,2,5,14H2,1H3. The second-order valence-electron chi connectivity index (χ2n) is 3.79. The molecule has 2 N–H and O–H groups in total. The van der Waals surface area contributed by atoms with Crippen molar-refractivity contribution in [3.63, 3.8) is 0 Å². The summed E-state index contributed by atoms with van der Waals surface area (Å²) < 4.78 is 18.2. The van der Waals surface area contributed by atoms with E-state index in [2.05, 4.69) is 6.92 Å². The normalized spacial score (nSPS) is 13.3. The zero-order valence-electron chi connectivity index (χ0n) is 8.66. The van der Waals surface area contributed by atoms with Gasteiger partial charge in [-0.15, -0.1) is 0 Å². The van der Waals surface area contributed by atoms with Crippen molar-refractivity contribution in [3.05, 3.63) is 35.8 Å². The quantitative estimate of drug-likeness (QED) is 0.840. The summed E-state index contributed by atoms with van der Waals surface area (Å²) in [5.41, 5.74) is 7.53. The van der Waals surface area contributed by atoms with Crippen molar-refractivity contribution >= 4 is 11.0 Å². The van der Waals surface area contributed by atoms with E-state index < -0.39 is 0 Å². The minimum atomic E-state index is -0.309. The lowest BCUT2D eigenvalue weighted by molar-refractivity contribution is 0.558. The summed E-state index contributed by atoms with van der Waals surface area (Å²) in [6, 6.07) is 5.65. The SMILES string of the molecule is CCC(N)Cc1ccc2c(F)coc2c1. The Balaban J connectivity index is 2.31. The molecule has 0 spiro atoms. The van der Waals surface area contributed by atoms with Crippen LogP contribution in [0.25, 0.3) is 11.0 Å². The van der Waals surface area contributed by atoms with E-state index in [-0.39, 0.29) is 11.9 Å². The van der Waals surface area contributed by atoms with Crippen LogP contribution >= 0.6 is 0 Å². The molecule has 2 nitrogen and oxygen atoms in total. The molecule has 1 aromatic carbocycles. The maximum atomic E-state index is 13.1. The van der Waals surface area contributed by atoms with Crippen LogP contribution in [0.4, 0.5) is 4.39 Å². The van der Waals surface area contributed by atoms with Crippen LogP contribution in [0.1, 0.15) is 18.9 Å². The van der Waals surface area contributed by atoms with Crippen LogP contribution in [0.5, 0.6) is 0 Å². The molecule has 3 heteroatoms. The second kappa shape index (κ2) is 4.03. The van der Waals surface area contributed by atoms with Crippen molar-refractivity contribution in [1.29, 1.82) is 0 Å². The second-order valence-corrected chi connectivity index (χ2v) is 3.79. The predicted octanol–water partition coefficient (Wildman–Crippen LogP) is 2.85. The summed E-state index contributed by atoms with van der Waals surface area (Å²) in [7, 11) is 0. The van der Waals surface area contributed by atoms with Gasteiger partial charge in [-0.05, 0) is 30.5 Å². The third-order valence-corrected chi connectivity index (χ3v) is 2.61. The third-order valence-electron chi connectivity index (χ3n) is 2.61. The van der Waals surface area contributed by atoms with E-state index in [1.165, 1.54) is 0 Å². The summed E-state index contributed by atoms with van der Waals surface area (Å²) in [5, 5.41) is 0.531. The van der Waals surface area contributed by atoms with Gasteiger partial charge in [0, 0.05) is 6.04 Å². The molecule has 15 heavy (non-hydrogen) atoms. The van der Waals surface area contributed by atoms with Gasteiger partial charge in [0.1, 0.15) is 11.8 Å². The topological polar surface area (TPSA) is 39.2 Å². The number of nitrogens with two attached hydrogens (primary N) is 1. The van der Waals surface area contributed by atoms with Crippen LogP contribution in [0.2, 0.25) is 0 Å². The molecule has 0 aliphatic rings. The van der Waals surface area contributed by atoms with Gasteiger partial charge in [-0.2, -0.15) is 0 Å². The number of fused-ring (bicyclic) bond motifs is 1. The van der Waals surface area contributed by atoms with Gasteiger partial charge in [0.25, 0.3) is 0 Å². The molecule has 2 rings (SSSR count). The van der Waals surface area contributed by atoms with Gasteiger partial charge in [0.2, 0.25) is 0 Å². The molecule has 0 radical (unpaired) electrons. The first-order chi connectivity index (χ1) is 7.20. The Morgan fingerprint density at radius 3 is 3.00 bits per heavy atom. The highest BCUT2D eigenvalue weighted by Gasteiger charge is 2.07. The molecule has 0 saturated carbocycles. The number of benzene rings is 1. The van der Waals surface area contributed by atoms with E-state index in [0.29, 0.717) is 11.0 Å². The lowest BCUT2D eigenvalue weighted by Crippen LogP contribution is -2.21. The van der Waals surface area contributed by atoms with Crippen LogP contribution < -0.4 is 5.73 Å². The molecule has 80 valence electrons. The van der Waals surface area contributed by atoms with Crippen molar-refractivity contribution in [2.75, 3.05) is 0 Å². The number of furan rings is 1. The Bertz CT molecular complexity index is 464. The summed E-state index contributed by atoms with van der Waals surface area (Å²) in [6.45, 7) is 2.05. The van der Waals surface area contributed by atoms with Gasteiger partial charge >= 0.3 is 0 Å². The predicted molar refractivity (Wildman–Crippen MR) is 58.1 cm³/mol. The molecule has 0 aliphatic heterocycles. The molecule has 1 aromatic heterocycles. The van der Waals surface area contributed by atoms with Crippen molar-refractivity contribution < 1.29 is 8.81 Å². The maximum Gasteiger partial charge on any atom is 0.169 e. The Hall–Kier alpha value is -1.35. The molecule has 0 saturated heterocycles. The van der Waals surface area contributed by atoms with Gasteiger partial charge in [-0.1, -0.05) is 13.0 Å².